The van der Waals surface area contributed by atoms with Gasteiger partial charge in [-0.25, -0.2) is 8.42 Å². The number of benzene rings is 1. The zero-order valence-electron chi connectivity index (χ0n) is 11.7. The second kappa shape index (κ2) is 5.70. The van der Waals surface area contributed by atoms with Crippen LogP contribution in [0, 0.1) is 0 Å². The number of halogens is 2. The van der Waals surface area contributed by atoms with Gasteiger partial charge in [0.25, 0.3) is 0 Å². The van der Waals surface area contributed by atoms with Crippen molar-refractivity contribution in [2.45, 2.75) is 48.7 Å². The zero-order valence-corrected chi connectivity index (χ0v) is 14.0. The summed E-state index contributed by atoms with van der Waals surface area (Å²) in [6.45, 7) is 0. The fraction of sp³-hybridized carbons (Fsp3) is 0.571. The molecular formula is C14H18Cl2N2O2S. The lowest BCUT2D eigenvalue weighted by atomic mass is 10.0. The number of piperidine rings is 1. The Labute approximate surface area is 135 Å². The van der Waals surface area contributed by atoms with Crippen molar-refractivity contribution < 1.29 is 8.42 Å². The minimum atomic E-state index is -3.57. The minimum Gasteiger partial charge on any atom is -0.311 e. The number of nitrogens with one attached hydrogen (secondary N) is 1. The number of hydrogen-bond acceptors (Lipinski definition) is 3. The van der Waals surface area contributed by atoms with E-state index in [4.69, 9.17) is 23.2 Å². The van der Waals surface area contributed by atoms with E-state index in [2.05, 4.69) is 5.32 Å². The summed E-state index contributed by atoms with van der Waals surface area (Å²) in [6.07, 6.45) is 4.00. The van der Waals surface area contributed by atoms with Crippen molar-refractivity contribution in [1.29, 1.82) is 0 Å². The van der Waals surface area contributed by atoms with Crippen molar-refractivity contribution in [2.24, 2.45) is 0 Å². The number of nitrogens with zero attached hydrogens (tertiary/aromatic N) is 1. The molecule has 2 aliphatic rings. The molecule has 2 saturated heterocycles. The molecule has 1 aromatic rings. The Morgan fingerprint density at radius 3 is 2.14 bits per heavy atom. The molecule has 21 heavy (non-hydrogen) atoms. The number of rotatable bonds is 3. The van der Waals surface area contributed by atoms with Gasteiger partial charge in [0.05, 0.1) is 4.90 Å². The molecule has 2 aliphatic heterocycles. The molecule has 2 heterocycles. The first-order valence-corrected chi connectivity index (χ1v) is 9.26. The Morgan fingerprint density at radius 1 is 1.10 bits per heavy atom. The quantitative estimate of drug-likeness (QED) is 0.913. The van der Waals surface area contributed by atoms with E-state index >= 15 is 0 Å². The second-order valence-electron chi connectivity index (χ2n) is 5.89. The van der Waals surface area contributed by atoms with Crippen LogP contribution in [0.2, 0.25) is 10.0 Å². The fourth-order valence-electron chi connectivity index (χ4n) is 3.36. The van der Waals surface area contributed by atoms with Gasteiger partial charge in [0.15, 0.2) is 0 Å². The van der Waals surface area contributed by atoms with Crippen molar-refractivity contribution in [3.63, 3.8) is 0 Å². The van der Waals surface area contributed by atoms with Gasteiger partial charge in [-0.3, -0.25) is 0 Å². The van der Waals surface area contributed by atoms with Crippen LogP contribution in [0.3, 0.4) is 0 Å². The van der Waals surface area contributed by atoms with Crippen LogP contribution >= 0.6 is 23.2 Å². The molecule has 2 atom stereocenters. The smallest absolute Gasteiger partial charge is 0.243 e. The van der Waals surface area contributed by atoms with Crippen LogP contribution in [0.1, 0.15) is 25.7 Å². The average Bonchev–Trinajstić information content (AvgIpc) is 2.75. The third-order valence-electron chi connectivity index (χ3n) is 4.48. The lowest BCUT2D eigenvalue weighted by Crippen LogP contribution is -2.48. The molecule has 0 amide bonds. The van der Waals surface area contributed by atoms with Gasteiger partial charge >= 0.3 is 0 Å². The Kier molecular flexibility index (Phi) is 4.23. The van der Waals surface area contributed by atoms with Crippen LogP contribution in [0.15, 0.2) is 23.1 Å². The molecule has 3 rings (SSSR count). The van der Waals surface area contributed by atoms with Crippen molar-refractivity contribution in [3.8, 4) is 0 Å². The third kappa shape index (κ3) is 3.08. The highest BCUT2D eigenvalue weighted by Crippen LogP contribution is 2.32. The van der Waals surface area contributed by atoms with Crippen LogP contribution in [0.25, 0.3) is 0 Å². The van der Waals surface area contributed by atoms with E-state index < -0.39 is 10.0 Å². The highest BCUT2D eigenvalue weighted by Gasteiger charge is 2.38. The van der Waals surface area contributed by atoms with Crippen molar-refractivity contribution in [1.82, 2.24) is 9.62 Å². The van der Waals surface area contributed by atoms with E-state index in [1.54, 1.807) is 7.05 Å². The fourth-order valence-corrected chi connectivity index (χ4v) is 5.47. The molecule has 2 unspecified atom stereocenters. The monoisotopic (exact) mass is 348 g/mol. The molecular weight excluding hydrogens is 331 g/mol. The Morgan fingerprint density at radius 2 is 1.62 bits per heavy atom. The first-order valence-electron chi connectivity index (χ1n) is 7.06. The molecule has 116 valence electrons. The summed E-state index contributed by atoms with van der Waals surface area (Å²) in [6, 6.07) is 5.35. The Hall–Kier alpha value is -0.330. The number of sulfonamides is 1. The zero-order chi connectivity index (χ0) is 15.2. The first-order chi connectivity index (χ1) is 9.86. The second-order valence-corrected chi connectivity index (χ2v) is 8.76. The van der Waals surface area contributed by atoms with Gasteiger partial charge in [-0.05, 0) is 43.9 Å². The summed E-state index contributed by atoms with van der Waals surface area (Å²) in [7, 11) is -1.91. The van der Waals surface area contributed by atoms with Crippen LogP contribution < -0.4 is 5.32 Å². The molecule has 0 spiro atoms. The Balaban J connectivity index is 1.87. The van der Waals surface area contributed by atoms with Crippen molar-refractivity contribution in [2.75, 3.05) is 7.05 Å². The lowest BCUT2D eigenvalue weighted by Gasteiger charge is -2.34. The van der Waals surface area contributed by atoms with Gasteiger partial charge in [0.2, 0.25) is 10.0 Å². The van der Waals surface area contributed by atoms with E-state index in [1.807, 2.05) is 0 Å². The maximum atomic E-state index is 12.8. The number of hydrogen-bond donors (Lipinski definition) is 1. The minimum absolute atomic E-state index is 0.0338. The Bertz CT molecular complexity index is 618. The summed E-state index contributed by atoms with van der Waals surface area (Å²) in [5, 5.41) is 4.19. The number of fused-ring (bicyclic) bond motifs is 2. The van der Waals surface area contributed by atoms with Gasteiger partial charge in [0, 0.05) is 35.2 Å². The molecule has 2 bridgehead atoms. The normalized spacial score (nSPS) is 29.0. The van der Waals surface area contributed by atoms with Crippen LogP contribution in [-0.4, -0.2) is 37.9 Å². The van der Waals surface area contributed by atoms with Crippen LogP contribution in [0.5, 0.6) is 0 Å². The van der Waals surface area contributed by atoms with E-state index in [0.717, 1.165) is 25.7 Å². The molecule has 2 fully saturated rings. The SMILES string of the molecule is CN(C1CC2CCC(C1)N2)S(=O)(=O)c1cc(Cl)cc(Cl)c1. The molecule has 4 nitrogen and oxygen atoms in total. The standard InChI is InChI=1S/C14H18Cl2N2O2S/c1-18(13-7-11-2-3-12(8-13)17-11)21(19,20)14-5-9(15)4-10(16)6-14/h4-6,11-13,17H,2-3,7-8H2,1H3. The predicted molar refractivity (Wildman–Crippen MR) is 84.4 cm³/mol. The molecule has 1 N–H and O–H groups in total. The van der Waals surface area contributed by atoms with Crippen molar-refractivity contribution >= 4 is 33.2 Å². The topological polar surface area (TPSA) is 49.4 Å². The maximum absolute atomic E-state index is 12.8. The lowest BCUT2D eigenvalue weighted by molar-refractivity contribution is 0.251. The molecule has 7 heteroatoms. The van der Waals surface area contributed by atoms with E-state index in [1.165, 1.54) is 22.5 Å². The van der Waals surface area contributed by atoms with Gasteiger partial charge < -0.3 is 5.32 Å². The van der Waals surface area contributed by atoms with E-state index in [-0.39, 0.29) is 10.9 Å². The maximum Gasteiger partial charge on any atom is 0.243 e. The summed E-state index contributed by atoms with van der Waals surface area (Å²) in [5.41, 5.74) is 0. The molecule has 0 saturated carbocycles. The van der Waals surface area contributed by atoms with Crippen LogP contribution in [-0.2, 0) is 10.0 Å². The van der Waals surface area contributed by atoms with Gasteiger partial charge in [-0.15, -0.1) is 0 Å². The largest absolute Gasteiger partial charge is 0.311 e. The summed E-state index contributed by atoms with van der Waals surface area (Å²) < 4.78 is 27.0. The van der Waals surface area contributed by atoms with E-state index in [9.17, 15) is 8.42 Å². The summed E-state index contributed by atoms with van der Waals surface area (Å²) >= 11 is 11.9. The molecule has 1 aromatic carbocycles. The summed E-state index contributed by atoms with van der Waals surface area (Å²) in [4.78, 5) is 0.161. The van der Waals surface area contributed by atoms with Gasteiger partial charge in [-0.2, -0.15) is 4.31 Å². The highest BCUT2D eigenvalue weighted by atomic mass is 35.5. The average molecular weight is 349 g/mol. The molecule has 0 aliphatic carbocycles. The first kappa shape index (κ1) is 15.6. The third-order valence-corrected chi connectivity index (χ3v) is 6.80. The highest BCUT2D eigenvalue weighted by molar-refractivity contribution is 7.89. The van der Waals surface area contributed by atoms with Gasteiger partial charge in [0.1, 0.15) is 0 Å². The summed E-state index contributed by atoms with van der Waals surface area (Å²) in [5.74, 6) is 0. The molecule has 0 aromatic heterocycles. The van der Waals surface area contributed by atoms with E-state index in [0.29, 0.717) is 22.1 Å². The predicted octanol–water partition coefficient (Wildman–Crippen LogP) is 2.90. The molecule has 0 radical (unpaired) electrons. The van der Waals surface area contributed by atoms with Crippen molar-refractivity contribution in [3.05, 3.63) is 28.2 Å². The van der Waals surface area contributed by atoms with Crippen LogP contribution in [0.4, 0.5) is 0 Å². The van der Waals surface area contributed by atoms with Gasteiger partial charge in [-0.1, -0.05) is 23.2 Å².